The molecule has 1 atom stereocenters. The van der Waals surface area contributed by atoms with Gasteiger partial charge in [-0.1, -0.05) is 18.2 Å². The van der Waals surface area contributed by atoms with Gasteiger partial charge in [0.15, 0.2) is 0 Å². The first-order valence-corrected chi connectivity index (χ1v) is 9.19. The highest BCUT2D eigenvalue weighted by Crippen LogP contribution is 2.37. The average molecular weight is 314 g/mol. The molecule has 4 rings (SSSR count). The third-order valence-corrected chi connectivity index (χ3v) is 5.86. The van der Waals surface area contributed by atoms with Crippen LogP contribution in [0.25, 0.3) is 10.1 Å². The van der Waals surface area contributed by atoms with Gasteiger partial charge in [0.2, 0.25) is 0 Å². The van der Waals surface area contributed by atoms with Crippen LogP contribution < -0.4 is 5.32 Å². The topological polar surface area (TPSA) is 15.3 Å². The molecule has 0 amide bonds. The van der Waals surface area contributed by atoms with Crippen LogP contribution in [0.4, 0.5) is 0 Å². The van der Waals surface area contributed by atoms with Crippen LogP contribution >= 0.6 is 22.7 Å². The summed E-state index contributed by atoms with van der Waals surface area (Å²) in [6, 6.07) is 11.5. The Kier molecular flexibility index (Phi) is 3.78. The predicted octanol–water partition coefficient (Wildman–Crippen LogP) is 3.96. The van der Waals surface area contributed by atoms with Crippen molar-refractivity contribution in [3.05, 3.63) is 57.6 Å². The van der Waals surface area contributed by atoms with Crippen molar-refractivity contribution in [1.29, 1.82) is 0 Å². The zero-order valence-corrected chi connectivity index (χ0v) is 13.4. The minimum Gasteiger partial charge on any atom is -0.314 e. The van der Waals surface area contributed by atoms with E-state index in [0.717, 1.165) is 26.2 Å². The molecule has 0 spiro atoms. The molecule has 1 unspecified atom stereocenters. The largest absolute Gasteiger partial charge is 0.314 e. The monoisotopic (exact) mass is 314 g/mol. The van der Waals surface area contributed by atoms with Crippen LogP contribution in [0.2, 0.25) is 0 Å². The summed E-state index contributed by atoms with van der Waals surface area (Å²) in [4.78, 5) is 2.62. The Morgan fingerprint density at radius 2 is 1.90 bits per heavy atom. The van der Waals surface area contributed by atoms with E-state index in [4.69, 9.17) is 0 Å². The van der Waals surface area contributed by atoms with Gasteiger partial charge in [0, 0.05) is 30.9 Å². The van der Waals surface area contributed by atoms with Crippen molar-refractivity contribution >= 4 is 32.8 Å². The van der Waals surface area contributed by atoms with E-state index in [-0.39, 0.29) is 0 Å². The minimum absolute atomic E-state index is 0.398. The molecule has 1 saturated heterocycles. The molecule has 2 aromatic heterocycles. The fourth-order valence-corrected chi connectivity index (χ4v) is 4.83. The molecular weight excluding hydrogens is 296 g/mol. The number of nitrogens with one attached hydrogen (secondary N) is 1. The number of hydrogen-bond donors (Lipinski definition) is 1. The molecule has 0 aliphatic carbocycles. The second kappa shape index (κ2) is 5.89. The summed E-state index contributed by atoms with van der Waals surface area (Å²) in [6.45, 7) is 4.40. The lowest BCUT2D eigenvalue weighted by atomic mass is 9.98. The Bertz CT molecular complexity index is 711. The quantitative estimate of drug-likeness (QED) is 0.787. The van der Waals surface area contributed by atoms with Crippen LogP contribution in [0.3, 0.4) is 0 Å². The van der Waals surface area contributed by atoms with Crippen molar-refractivity contribution < 1.29 is 0 Å². The van der Waals surface area contributed by atoms with Crippen molar-refractivity contribution in [2.24, 2.45) is 0 Å². The van der Waals surface area contributed by atoms with Gasteiger partial charge in [-0.15, -0.1) is 11.3 Å². The molecule has 108 valence electrons. The molecule has 3 heterocycles. The second-order valence-electron chi connectivity index (χ2n) is 5.43. The number of nitrogens with zero attached hydrogens (tertiary/aromatic N) is 1. The van der Waals surface area contributed by atoms with Crippen LogP contribution in [0.15, 0.2) is 46.5 Å². The molecule has 1 aliphatic heterocycles. The van der Waals surface area contributed by atoms with E-state index in [9.17, 15) is 0 Å². The first kappa shape index (κ1) is 13.5. The van der Waals surface area contributed by atoms with Crippen molar-refractivity contribution in [2.75, 3.05) is 26.2 Å². The molecule has 0 radical (unpaired) electrons. The Hall–Kier alpha value is -1.20. The van der Waals surface area contributed by atoms with Gasteiger partial charge in [-0.25, -0.2) is 0 Å². The maximum absolute atomic E-state index is 3.46. The van der Waals surface area contributed by atoms with E-state index in [1.54, 1.807) is 11.3 Å². The SMILES string of the molecule is c1ccc2c(C(c3ccsc3)N3CCNCC3)csc2c1. The zero-order chi connectivity index (χ0) is 14.1. The number of rotatable bonds is 3. The van der Waals surface area contributed by atoms with Crippen LogP contribution in [0.1, 0.15) is 17.2 Å². The molecule has 3 aromatic rings. The first-order valence-electron chi connectivity index (χ1n) is 7.36. The van der Waals surface area contributed by atoms with Gasteiger partial charge >= 0.3 is 0 Å². The highest BCUT2D eigenvalue weighted by Gasteiger charge is 2.26. The van der Waals surface area contributed by atoms with Crippen LogP contribution in [0.5, 0.6) is 0 Å². The fourth-order valence-electron chi connectivity index (χ4n) is 3.17. The molecule has 1 aromatic carbocycles. The molecule has 2 nitrogen and oxygen atoms in total. The summed E-state index contributed by atoms with van der Waals surface area (Å²) in [5, 5.41) is 11.7. The number of thiophene rings is 2. The molecule has 0 bridgehead atoms. The summed E-state index contributed by atoms with van der Waals surface area (Å²) in [7, 11) is 0. The molecular formula is C17H18N2S2. The van der Waals surface area contributed by atoms with Gasteiger partial charge in [0.05, 0.1) is 6.04 Å². The first-order chi connectivity index (χ1) is 10.4. The number of hydrogen-bond acceptors (Lipinski definition) is 4. The Morgan fingerprint density at radius 3 is 2.71 bits per heavy atom. The zero-order valence-electron chi connectivity index (χ0n) is 11.8. The molecule has 1 N–H and O–H groups in total. The van der Waals surface area contributed by atoms with Crippen molar-refractivity contribution in [1.82, 2.24) is 10.2 Å². The van der Waals surface area contributed by atoms with Crippen LogP contribution in [0, 0.1) is 0 Å². The molecule has 1 fully saturated rings. The van der Waals surface area contributed by atoms with Crippen LogP contribution in [-0.2, 0) is 0 Å². The summed E-state index contributed by atoms with van der Waals surface area (Å²) >= 11 is 3.66. The minimum atomic E-state index is 0.398. The third kappa shape index (κ3) is 2.53. The smallest absolute Gasteiger partial charge is 0.0625 e. The average Bonchev–Trinajstić information content (AvgIpc) is 3.20. The van der Waals surface area contributed by atoms with Crippen LogP contribution in [-0.4, -0.2) is 31.1 Å². The second-order valence-corrected chi connectivity index (χ2v) is 7.12. The van der Waals surface area contributed by atoms with E-state index < -0.39 is 0 Å². The lowest BCUT2D eigenvalue weighted by molar-refractivity contribution is 0.200. The van der Waals surface area contributed by atoms with Gasteiger partial charge < -0.3 is 5.32 Å². The molecule has 0 saturated carbocycles. The Morgan fingerprint density at radius 1 is 1.05 bits per heavy atom. The normalized spacial score (nSPS) is 18.1. The van der Waals surface area contributed by atoms with E-state index >= 15 is 0 Å². The van der Waals surface area contributed by atoms with Gasteiger partial charge in [0.1, 0.15) is 0 Å². The van der Waals surface area contributed by atoms with Gasteiger partial charge in [-0.3, -0.25) is 4.90 Å². The summed E-state index contributed by atoms with van der Waals surface area (Å²) in [5.41, 5.74) is 2.90. The summed E-state index contributed by atoms with van der Waals surface area (Å²) in [6.07, 6.45) is 0. The maximum atomic E-state index is 3.46. The van der Waals surface area contributed by atoms with Crippen molar-refractivity contribution in [3.63, 3.8) is 0 Å². The van der Waals surface area contributed by atoms with Crippen molar-refractivity contribution in [3.8, 4) is 0 Å². The van der Waals surface area contributed by atoms with E-state index in [1.165, 1.54) is 21.2 Å². The maximum Gasteiger partial charge on any atom is 0.0625 e. The number of benzene rings is 1. The van der Waals surface area contributed by atoms with Gasteiger partial charge in [-0.05, 0) is 44.8 Å². The van der Waals surface area contributed by atoms with E-state index in [1.807, 2.05) is 11.3 Å². The molecule has 4 heteroatoms. The van der Waals surface area contributed by atoms with Gasteiger partial charge in [-0.2, -0.15) is 11.3 Å². The molecule has 1 aliphatic rings. The lowest BCUT2D eigenvalue weighted by Gasteiger charge is -2.34. The highest BCUT2D eigenvalue weighted by atomic mass is 32.1. The lowest BCUT2D eigenvalue weighted by Crippen LogP contribution is -2.45. The standard InChI is InChI=1S/C17H18N2S2/c1-2-4-16-14(3-1)15(12-21-16)17(13-5-10-20-11-13)19-8-6-18-7-9-19/h1-5,10-12,17-18H,6-9H2. The summed E-state index contributed by atoms with van der Waals surface area (Å²) < 4.78 is 1.39. The molecule has 21 heavy (non-hydrogen) atoms. The summed E-state index contributed by atoms with van der Waals surface area (Å²) in [5.74, 6) is 0. The Balaban J connectivity index is 1.81. The fraction of sp³-hybridized carbons (Fsp3) is 0.294. The third-order valence-electron chi connectivity index (χ3n) is 4.18. The van der Waals surface area contributed by atoms with E-state index in [2.05, 4.69) is 56.7 Å². The van der Waals surface area contributed by atoms with E-state index in [0.29, 0.717) is 6.04 Å². The predicted molar refractivity (Wildman–Crippen MR) is 92.4 cm³/mol. The van der Waals surface area contributed by atoms with Crippen molar-refractivity contribution in [2.45, 2.75) is 6.04 Å². The van der Waals surface area contributed by atoms with Gasteiger partial charge in [0.25, 0.3) is 0 Å². The number of fused-ring (bicyclic) bond motifs is 1. The number of piperazine rings is 1. The highest BCUT2D eigenvalue weighted by molar-refractivity contribution is 7.17. The Labute approximate surface area is 133 Å².